The number of nitrogens with one attached hydrogen (secondary N) is 2. The monoisotopic (exact) mass is 419 g/mol. The second kappa shape index (κ2) is 10.5. The highest BCUT2D eigenvalue weighted by Crippen LogP contribution is 2.36. The molecule has 31 heavy (non-hydrogen) atoms. The SMILES string of the molecule is O=C(NCc1ccc(C2CCC2)cc1)NCC1CCN(C(=O)Cc2ccccc2)CC1. The summed E-state index contributed by atoms with van der Waals surface area (Å²) in [6.07, 6.45) is 6.29. The minimum absolute atomic E-state index is 0.120. The number of amides is 3. The third-order valence-corrected chi connectivity index (χ3v) is 6.73. The van der Waals surface area contributed by atoms with Crippen molar-refractivity contribution in [3.63, 3.8) is 0 Å². The molecular formula is C26H33N3O2. The number of carbonyl (C=O) groups is 2. The highest BCUT2D eigenvalue weighted by Gasteiger charge is 2.23. The highest BCUT2D eigenvalue weighted by atomic mass is 16.2. The largest absolute Gasteiger partial charge is 0.342 e. The van der Waals surface area contributed by atoms with Gasteiger partial charge in [-0.15, -0.1) is 0 Å². The van der Waals surface area contributed by atoms with Crippen LogP contribution in [0.5, 0.6) is 0 Å². The molecule has 1 aliphatic heterocycles. The van der Waals surface area contributed by atoms with Gasteiger partial charge in [-0.2, -0.15) is 0 Å². The van der Waals surface area contributed by atoms with Crippen molar-refractivity contribution in [3.05, 3.63) is 71.3 Å². The molecular weight excluding hydrogens is 386 g/mol. The standard InChI is InChI=1S/C26H33N3O2/c30-25(17-20-5-2-1-3-6-20)29-15-13-22(14-16-29)19-28-26(31)27-18-21-9-11-24(12-10-21)23-7-4-8-23/h1-3,5-6,9-12,22-23H,4,7-8,13-19H2,(H2,27,28,31). The van der Waals surface area contributed by atoms with Crippen molar-refractivity contribution in [2.24, 2.45) is 5.92 Å². The molecule has 1 aliphatic carbocycles. The Morgan fingerprint density at radius 1 is 0.839 bits per heavy atom. The van der Waals surface area contributed by atoms with E-state index in [0.717, 1.165) is 43.0 Å². The molecule has 1 saturated heterocycles. The Hall–Kier alpha value is -2.82. The molecule has 4 rings (SSSR count). The number of benzene rings is 2. The van der Waals surface area contributed by atoms with Crippen LogP contribution >= 0.6 is 0 Å². The summed E-state index contributed by atoms with van der Waals surface area (Å²) in [6, 6.07) is 18.4. The summed E-state index contributed by atoms with van der Waals surface area (Å²) < 4.78 is 0. The van der Waals surface area contributed by atoms with Crippen LogP contribution in [0.2, 0.25) is 0 Å². The third kappa shape index (κ3) is 6.09. The number of rotatable bonds is 7. The molecule has 0 aromatic heterocycles. The lowest BCUT2D eigenvalue weighted by Gasteiger charge is -2.32. The van der Waals surface area contributed by atoms with Crippen molar-refractivity contribution in [2.45, 2.75) is 51.0 Å². The van der Waals surface area contributed by atoms with Gasteiger partial charge in [0, 0.05) is 26.2 Å². The fourth-order valence-corrected chi connectivity index (χ4v) is 4.40. The van der Waals surface area contributed by atoms with Gasteiger partial charge in [0.15, 0.2) is 0 Å². The molecule has 1 saturated carbocycles. The lowest BCUT2D eigenvalue weighted by molar-refractivity contribution is -0.131. The molecule has 164 valence electrons. The van der Waals surface area contributed by atoms with Crippen LogP contribution in [0.4, 0.5) is 4.79 Å². The summed E-state index contributed by atoms with van der Waals surface area (Å²) in [6.45, 7) is 2.75. The van der Waals surface area contributed by atoms with Crippen LogP contribution in [-0.4, -0.2) is 36.5 Å². The molecule has 0 spiro atoms. The first-order chi connectivity index (χ1) is 15.2. The molecule has 0 unspecified atom stereocenters. The van der Waals surface area contributed by atoms with Gasteiger partial charge in [0.25, 0.3) is 0 Å². The zero-order chi connectivity index (χ0) is 21.5. The molecule has 2 aliphatic rings. The van der Waals surface area contributed by atoms with Gasteiger partial charge in [0.05, 0.1) is 6.42 Å². The summed E-state index contributed by atoms with van der Waals surface area (Å²) in [5.41, 5.74) is 3.61. The van der Waals surface area contributed by atoms with Crippen molar-refractivity contribution < 1.29 is 9.59 Å². The van der Waals surface area contributed by atoms with Crippen molar-refractivity contribution in [3.8, 4) is 0 Å². The van der Waals surface area contributed by atoms with Crippen molar-refractivity contribution in [1.29, 1.82) is 0 Å². The Labute approximate surface area is 185 Å². The second-order valence-corrected chi connectivity index (χ2v) is 8.92. The van der Waals surface area contributed by atoms with Crippen LogP contribution in [0.15, 0.2) is 54.6 Å². The van der Waals surface area contributed by atoms with Gasteiger partial charge >= 0.3 is 6.03 Å². The van der Waals surface area contributed by atoms with E-state index in [9.17, 15) is 9.59 Å². The quantitative estimate of drug-likeness (QED) is 0.705. The van der Waals surface area contributed by atoms with Crippen LogP contribution in [0.1, 0.15) is 54.7 Å². The molecule has 2 N–H and O–H groups in total. The number of urea groups is 1. The molecule has 2 aromatic rings. The van der Waals surface area contributed by atoms with Gasteiger partial charge in [-0.25, -0.2) is 4.79 Å². The van der Waals surface area contributed by atoms with E-state index in [2.05, 4.69) is 34.9 Å². The van der Waals surface area contributed by atoms with Gasteiger partial charge in [0.2, 0.25) is 5.91 Å². The fraction of sp³-hybridized carbons (Fsp3) is 0.462. The first-order valence-corrected chi connectivity index (χ1v) is 11.6. The summed E-state index contributed by atoms with van der Waals surface area (Å²) in [5.74, 6) is 1.36. The maximum atomic E-state index is 12.5. The molecule has 5 heteroatoms. The molecule has 0 radical (unpaired) electrons. The molecule has 3 amide bonds. The molecule has 1 heterocycles. The van der Waals surface area contributed by atoms with Gasteiger partial charge in [-0.3, -0.25) is 4.79 Å². The lowest BCUT2D eigenvalue weighted by atomic mass is 9.80. The lowest BCUT2D eigenvalue weighted by Crippen LogP contribution is -2.43. The average molecular weight is 420 g/mol. The third-order valence-electron chi connectivity index (χ3n) is 6.73. The summed E-state index contributed by atoms with van der Waals surface area (Å²) in [5, 5.41) is 5.96. The fourth-order valence-electron chi connectivity index (χ4n) is 4.40. The van der Waals surface area contributed by atoms with Crippen LogP contribution < -0.4 is 10.6 Å². The van der Waals surface area contributed by atoms with Crippen LogP contribution in [0.3, 0.4) is 0 Å². The molecule has 2 fully saturated rings. The highest BCUT2D eigenvalue weighted by molar-refractivity contribution is 5.78. The minimum Gasteiger partial charge on any atom is -0.342 e. The van der Waals surface area contributed by atoms with Gasteiger partial charge in [0.1, 0.15) is 0 Å². The van der Waals surface area contributed by atoms with E-state index < -0.39 is 0 Å². The van der Waals surface area contributed by atoms with Crippen LogP contribution in [0.25, 0.3) is 0 Å². The van der Waals surface area contributed by atoms with E-state index in [1.54, 1.807) is 0 Å². The van der Waals surface area contributed by atoms with E-state index in [-0.39, 0.29) is 11.9 Å². The predicted molar refractivity (Wildman–Crippen MR) is 123 cm³/mol. The van der Waals surface area contributed by atoms with Crippen LogP contribution in [-0.2, 0) is 17.8 Å². The van der Waals surface area contributed by atoms with E-state index >= 15 is 0 Å². The first-order valence-electron chi connectivity index (χ1n) is 11.6. The molecule has 2 aromatic carbocycles. The Bertz CT molecular complexity index is 854. The van der Waals surface area contributed by atoms with Crippen molar-refractivity contribution >= 4 is 11.9 Å². The van der Waals surface area contributed by atoms with Crippen molar-refractivity contribution in [1.82, 2.24) is 15.5 Å². The smallest absolute Gasteiger partial charge is 0.315 e. The van der Waals surface area contributed by atoms with E-state index in [4.69, 9.17) is 0 Å². The number of nitrogens with zero attached hydrogens (tertiary/aromatic N) is 1. The van der Waals surface area contributed by atoms with Gasteiger partial charge in [-0.05, 0) is 54.2 Å². The van der Waals surface area contributed by atoms with E-state index in [1.165, 1.54) is 24.8 Å². The Kier molecular flexibility index (Phi) is 7.23. The first kappa shape index (κ1) is 21.4. The maximum Gasteiger partial charge on any atom is 0.315 e. The normalized spacial score (nSPS) is 17.1. The number of hydrogen-bond acceptors (Lipinski definition) is 2. The topological polar surface area (TPSA) is 61.4 Å². The van der Waals surface area contributed by atoms with E-state index in [1.807, 2.05) is 35.2 Å². The van der Waals surface area contributed by atoms with Crippen LogP contribution in [0, 0.1) is 5.92 Å². The van der Waals surface area contributed by atoms with Crippen molar-refractivity contribution in [2.75, 3.05) is 19.6 Å². The van der Waals surface area contributed by atoms with Gasteiger partial charge in [-0.1, -0.05) is 61.0 Å². The average Bonchev–Trinajstić information content (AvgIpc) is 2.77. The summed E-state index contributed by atoms with van der Waals surface area (Å²) in [4.78, 5) is 26.6. The zero-order valence-corrected chi connectivity index (χ0v) is 18.2. The second-order valence-electron chi connectivity index (χ2n) is 8.92. The summed E-state index contributed by atoms with van der Waals surface area (Å²) in [7, 11) is 0. The Morgan fingerprint density at radius 2 is 1.55 bits per heavy atom. The predicted octanol–water partition coefficient (Wildman–Crippen LogP) is 4.23. The van der Waals surface area contributed by atoms with Gasteiger partial charge < -0.3 is 15.5 Å². The Balaban J connectivity index is 1.12. The number of piperidine rings is 1. The number of likely N-dealkylation sites (tertiary alicyclic amines) is 1. The van der Waals surface area contributed by atoms with E-state index in [0.29, 0.717) is 25.4 Å². The minimum atomic E-state index is -0.120. The zero-order valence-electron chi connectivity index (χ0n) is 18.2. The summed E-state index contributed by atoms with van der Waals surface area (Å²) >= 11 is 0. The number of hydrogen-bond donors (Lipinski definition) is 2. The molecule has 0 atom stereocenters. The maximum absolute atomic E-state index is 12.5. The number of carbonyl (C=O) groups excluding carboxylic acids is 2. The molecule has 5 nitrogen and oxygen atoms in total. The Morgan fingerprint density at radius 3 is 2.19 bits per heavy atom. The molecule has 0 bridgehead atoms.